The second kappa shape index (κ2) is 5.25. The lowest BCUT2D eigenvalue weighted by Gasteiger charge is -2.04. The molecule has 0 saturated heterocycles. The first-order chi connectivity index (χ1) is 8.28. The molecule has 1 aromatic carbocycles. The van der Waals surface area contributed by atoms with E-state index in [1.54, 1.807) is 43.8 Å². The van der Waals surface area contributed by atoms with Gasteiger partial charge in [0.2, 0.25) is 0 Å². The highest BCUT2D eigenvalue weighted by molar-refractivity contribution is 5.31. The molecule has 1 aromatic heterocycles. The standard InChI is InChI=1S/C12H14N2O3/c1-16-14-9-10(8-13-14)5-6-17-12-4-2-3-11(15)7-12/h2-4,7-9,15H,5-6H2,1H3. The number of hydrogen-bond donors (Lipinski definition) is 1. The molecule has 0 fully saturated rings. The van der Waals surface area contributed by atoms with Crippen LogP contribution in [0.15, 0.2) is 36.7 Å². The Hall–Kier alpha value is -2.17. The highest BCUT2D eigenvalue weighted by atomic mass is 16.7. The number of hydrogen-bond acceptors (Lipinski definition) is 4. The zero-order valence-electron chi connectivity index (χ0n) is 9.54. The van der Waals surface area contributed by atoms with Crippen molar-refractivity contribution in [2.75, 3.05) is 13.7 Å². The highest BCUT2D eigenvalue weighted by Gasteiger charge is 2.00. The minimum Gasteiger partial charge on any atom is -0.508 e. The van der Waals surface area contributed by atoms with E-state index < -0.39 is 0 Å². The third-order valence-electron chi connectivity index (χ3n) is 2.28. The summed E-state index contributed by atoms with van der Waals surface area (Å²) in [6, 6.07) is 6.74. The van der Waals surface area contributed by atoms with Crippen molar-refractivity contribution in [2.24, 2.45) is 0 Å². The zero-order valence-corrected chi connectivity index (χ0v) is 9.54. The zero-order chi connectivity index (χ0) is 12.1. The normalized spacial score (nSPS) is 10.2. The topological polar surface area (TPSA) is 56.5 Å². The maximum absolute atomic E-state index is 9.25. The van der Waals surface area contributed by atoms with Crippen molar-refractivity contribution in [1.82, 2.24) is 9.94 Å². The van der Waals surface area contributed by atoms with E-state index in [1.807, 2.05) is 0 Å². The van der Waals surface area contributed by atoms with Gasteiger partial charge in [0.1, 0.15) is 18.6 Å². The minimum atomic E-state index is 0.203. The molecule has 0 aliphatic heterocycles. The minimum absolute atomic E-state index is 0.203. The van der Waals surface area contributed by atoms with Gasteiger partial charge in [0.05, 0.1) is 19.0 Å². The summed E-state index contributed by atoms with van der Waals surface area (Å²) < 4.78 is 5.50. The molecule has 0 atom stereocenters. The van der Waals surface area contributed by atoms with Gasteiger partial charge in [-0.3, -0.25) is 0 Å². The summed E-state index contributed by atoms with van der Waals surface area (Å²) in [5.74, 6) is 0.860. The number of benzene rings is 1. The van der Waals surface area contributed by atoms with Crippen LogP contribution in [0.3, 0.4) is 0 Å². The molecule has 1 heterocycles. The van der Waals surface area contributed by atoms with Crippen LogP contribution in [-0.2, 0) is 6.42 Å². The van der Waals surface area contributed by atoms with Crippen LogP contribution < -0.4 is 9.57 Å². The van der Waals surface area contributed by atoms with E-state index in [0.29, 0.717) is 12.4 Å². The van der Waals surface area contributed by atoms with Crippen molar-refractivity contribution in [1.29, 1.82) is 0 Å². The molecule has 0 aliphatic carbocycles. The number of phenolic OH excluding ortho intramolecular Hbond substituents is 1. The molecule has 0 amide bonds. The van der Waals surface area contributed by atoms with Gasteiger partial charge in [-0.2, -0.15) is 0 Å². The first-order valence-corrected chi connectivity index (χ1v) is 5.28. The number of aromatic nitrogens is 2. The summed E-state index contributed by atoms with van der Waals surface area (Å²) in [6.45, 7) is 0.527. The van der Waals surface area contributed by atoms with E-state index >= 15 is 0 Å². The fourth-order valence-electron chi connectivity index (χ4n) is 1.43. The van der Waals surface area contributed by atoms with Crippen LogP contribution in [0.5, 0.6) is 11.5 Å². The molecule has 2 aromatic rings. The van der Waals surface area contributed by atoms with Crippen molar-refractivity contribution in [3.8, 4) is 11.5 Å². The second-order valence-corrected chi connectivity index (χ2v) is 3.53. The van der Waals surface area contributed by atoms with Crippen molar-refractivity contribution >= 4 is 0 Å². The van der Waals surface area contributed by atoms with Gasteiger partial charge in [-0.05, 0) is 17.7 Å². The van der Waals surface area contributed by atoms with Gasteiger partial charge in [-0.1, -0.05) is 6.07 Å². The van der Waals surface area contributed by atoms with E-state index in [1.165, 1.54) is 4.85 Å². The summed E-state index contributed by atoms with van der Waals surface area (Å²) in [6.07, 6.45) is 4.26. The van der Waals surface area contributed by atoms with E-state index in [4.69, 9.17) is 9.57 Å². The summed E-state index contributed by atoms with van der Waals surface area (Å²) >= 11 is 0. The average molecular weight is 234 g/mol. The lowest BCUT2D eigenvalue weighted by Crippen LogP contribution is -2.05. The van der Waals surface area contributed by atoms with Gasteiger partial charge in [-0.15, -0.1) is 9.94 Å². The van der Waals surface area contributed by atoms with E-state index in [-0.39, 0.29) is 5.75 Å². The van der Waals surface area contributed by atoms with Crippen LogP contribution in [-0.4, -0.2) is 28.8 Å². The Morgan fingerprint density at radius 3 is 3.00 bits per heavy atom. The molecule has 0 aliphatic rings. The van der Waals surface area contributed by atoms with Gasteiger partial charge < -0.3 is 14.7 Å². The fourth-order valence-corrected chi connectivity index (χ4v) is 1.43. The Bertz CT molecular complexity index is 482. The van der Waals surface area contributed by atoms with Crippen molar-refractivity contribution in [2.45, 2.75) is 6.42 Å². The van der Waals surface area contributed by atoms with E-state index in [9.17, 15) is 5.11 Å². The van der Waals surface area contributed by atoms with Crippen LogP contribution in [0.1, 0.15) is 5.56 Å². The van der Waals surface area contributed by atoms with Gasteiger partial charge >= 0.3 is 0 Å². The molecule has 0 spiro atoms. The molecule has 5 nitrogen and oxygen atoms in total. The van der Waals surface area contributed by atoms with E-state index in [2.05, 4.69) is 5.10 Å². The van der Waals surface area contributed by atoms with Gasteiger partial charge in [0, 0.05) is 12.5 Å². The number of rotatable bonds is 5. The number of aromatic hydroxyl groups is 1. The Kier molecular flexibility index (Phi) is 3.49. The summed E-state index contributed by atoms with van der Waals surface area (Å²) in [4.78, 5) is 6.30. The van der Waals surface area contributed by atoms with Crippen LogP contribution in [0, 0.1) is 0 Å². The Morgan fingerprint density at radius 2 is 2.29 bits per heavy atom. The van der Waals surface area contributed by atoms with Crippen LogP contribution in [0.2, 0.25) is 0 Å². The van der Waals surface area contributed by atoms with Gasteiger partial charge in [0.15, 0.2) is 0 Å². The van der Waals surface area contributed by atoms with Crippen molar-refractivity contribution < 1.29 is 14.7 Å². The summed E-state index contributed by atoms with van der Waals surface area (Å²) in [7, 11) is 1.56. The smallest absolute Gasteiger partial charge is 0.122 e. The molecule has 0 radical (unpaired) electrons. The largest absolute Gasteiger partial charge is 0.508 e. The molecule has 2 rings (SSSR count). The second-order valence-electron chi connectivity index (χ2n) is 3.53. The first kappa shape index (κ1) is 11.3. The fraction of sp³-hybridized carbons (Fsp3) is 0.250. The lowest BCUT2D eigenvalue weighted by molar-refractivity contribution is 0.133. The maximum atomic E-state index is 9.25. The molecule has 0 saturated carbocycles. The Balaban J connectivity index is 1.83. The molecule has 5 heteroatoms. The molecule has 17 heavy (non-hydrogen) atoms. The van der Waals surface area contributed by atoms with Gasteiger partial charge in [0.25, 0.3) is 0 Å². The van der Waals surface area contributed by atoms with Crippen LogP contribution in [0.4, 0.5) is 0 Å². The predicted octanol–water partition coefficient (Wildman–Crippen LogP) is 1.27. The van der Waals surface area contributed by atoms with E-state index in [0.717, 1.165) is 12.0 Å². The predicted molar refractivity (Wildman–Crippen MR) is 62.0 cm³/mol. The molecular formula is C12H14N2O3. The Labute approximate surface area is 99.2 Å². The van der Waals surface area contributed by atoms with Crippen molar-refractivity contribution in [3.63, 3.8) is 0 Å². The van der Waals surface area contributed by atoms with Gasteiger partial charge in [-0.25, -0.2) is 0 Å². The number of nitrogens with zero attached hydrogens (tertiary/aromatic N) is 2. The molecular weight excluding hydrogens is 220 g/mol. The lowest BCUT2D eigenvalue weighted by atomic mass is 10.3. The van der Waals surface area contributed by atoms with Crippen LogP contribution >= 0.6 is 0 Å². The third kappa shape index (κ3) is 3.14. The number of ether oxygens (including phenoxy) is 1. The molecule has 0 unspecified atom stereocenters. The Morgan fingerprint density at radius 1 is 1.41 bits per heavy atom. The molecule has 0 bridgehead atoms. The quantitative estimate of drug-likeness (QED) is 0.846. The third-order valence-corrected chi connectivity index (χ3v) is 2.28. The average Bonchev–Trinajstić information content (AvgIpc) is 2.77. The highest BCUT2D eigenvalue weighted by Crippen LogP contribution is 2.17. The SMILES string of the molecule is COn1cc(CCOc2cccc(O)c2)cn1. The summed E-state index contributed by atoms with van der Waals surface area (Å²) in [5, 5.41) is 13.2. The first-order valence-electron chi connectivity index (χ1n) is 5.28. The molecule has 90 valence electrons. The maximum Gasteiger partial charge on any atom is 0.122 e. The molecule has 1 N–H and O–H groups in total. The van der Waals surface area contributed by atoms with Crippen molar-refractivity contribution in [3.05, 3.63) is 42.2 Å². The monoisotopic (exact) mass is 234 g/mol. The summed E-state index contributed by atoms with van der Waals surface area (Å²) in [5.41, 5.74) is 1.03. The van der Waals surface area contributed by atoms with Crippen LogP contribution in [0.25, 0.3) is 0 Å². The number of phenols is 1.